The summed E-state index contributed by atoms with van der Waals surface area (Å²) in [6, 6.07) is 18.4. The van der Waals surface area contributed by atoms with Crippen LogP contribution >= 0.6 is 31.9 Å². The van der Waals surface area contributed by atoms with Crippen LogP contribution in [0.1, 0.15) is 25.0 Å². The number of rotatable bonds is 13. The van der Waals surface area contributed by atoms with Crippen LogP contribution in [-0.4, -0.2) is 148 Å². The number of piperazine rings is 2. The molecule has 2 amide bonds. The zero-order chi connectivity index (χ0) is 59.1. The van der Waals surface area contributed by atoms with E-state index < -0.39 is 43.6 Å². The average Bonchev–Trinajstić information content (AvgIpc) is 3.10. The van der Waals surface area contributed by atoms with Crippen molar-refractivity contribution in [2.45, 2.75) is 52.2 Å². The lowest BCUT2D eigenvalue weighted by molar-refractivity contribution is -0.135. The second-order valence-electron chi connectivity index (χ2n) is 18.9. The van der Waals surface area contributed by atoms with Crippen molar-refractivity contribution in [3.05, 3.63) is 150 Å². The summed E-state index contributed by atoms with van der Waals surface area (Å²) in [7, 11) is 2.97. The molecule has 8 aromatic rings. The Bertz CT molecular complexity index is 3700. The molecule has 2 atom stereocenters. The van der Waals surface area contributed by atoms with Crippen molar-refractivity contribution in [3.63, 3.8) is 0 Å². The SMILES string of the molecule is C[C@@H]1CN(C(=O)CO)CCN1c1ncc(-c2ccc3c(=O)n(C)n(Cc4ccccc4OC(F)F)c3c2F)cn1.C[C@@H]1CN(C(=O)CO)CCN1c1ncc(Br)cn1.Cn1c(=O)c2ccc(Br)c(F)c2n1Cc1ccccc1OC(F)F. The normalized spacial score (nSPS) is 15.4. The van der Waals surface area contributed by atoms with Gasteiger partial charge in [-0.2, -0.15) is 17.6 Å². The smallest absolute Gasteiger partial charge is 0.387 e. The summed E-state index contributed by atoms with van der Waals surface area (Å²) in [5, 5.41) is 18.3. The lowest BCUT2D eigenvalue weighted by Crippen LogP contribution is -2.54. The van der Waals surface area contributed by atoms with Gasteiger partial charge in [0.05, 0.1) is 32.8 Å². The van der Waals surface area contributed by atoms with Gasteiger partial charge in [-0.05, 0) is 76.0 Å². The van der Waals surface area contributed by atoms with E-state index in [2.05, 4.69) is 66.2 Å². The maximum Gasteiger partial charge on any atom is 0.387 e. The third-order valence-corrected chi connectivity index (χ3v) is 14.8. The maximum atomic E-state index is 16.0. The average molecular weight is 1270 g/mol. The van der Waals surface area contributed by atoms with Gasteiger partial charge in [-0.25, -0.2) is 28.7 Å². The highest BCUT2D eigenvalue weighted by atomic mass is 79.9. The molecule has 0 aliphatic carbocycles. The number of para-hydroxylation sites is 2. The van der Waals surface area contributed by atoms with E-state index in [1.165, 1.54) is 81.6 Å². The number of halogens is 8. The maximum absolute atomic E-state index is 16.0. The fourth-order valence-corrected chi connectivity index (χ4v) is 10.2. The Morgan fingerprint density at radius 3 is 1.45 bits per heavy atom. The van der Waals surface area contributed by atoms with Gasteiger partial charge >= 0.3 is 13.2 Å². The van der Waals surface area contributed by atoms with Crippen molar-refractivity contribution in [2.75, 3.05) is 62.3 Å². The number of carbonyl (C=O) groups excluding carboxylic acids is 2. The first kappa shape index (κ1) is 60.3. The standard InChI is InChI=1S/C27H27F3N6O4.C16H12BrF3N2O2.C11H15BrN4O2/c1-16-13-34(22(38)15-37)9-10-35(16)27-31-11-18(12-32-27)19-7-8-20-24(23(19)28)36(33(2)25(20)39)14-17-5-3-4-6-21(17)40-26(29)30;1-21-15(23)10-6-7-11(17)13(18)14(10)22(21)8-9-4-2-3-5-12(9)24-16(19)20;1-8-6-15(10(18)7-17)2-3-16(8)11-13-4-9(12)5-14-11/h3-8,11-12,16,26,37H,9-10,13-15H2,1-2H3;2-7,16H,8H2,1H3;4-5,8,17H,2-3,6-7H2,1H3/t16-;;8-/m1.1/s1. The fraction of sp³-hybridized carbons (Fsp3) is 0.333. The van der Waals surface area contributed by atoms with Gasteiger partial charge in [-0.15, -0.1) is 0 Å². The highest BCUT2D eigenvalue weighted by Crippen LogP contribution is 2.31. The molecular formula is C54H54Br2F6N12O8. The van der Waals surface area contributed by atoms with Crippen LogP contribution in [0.25, 0.3) is 32.9 Å². The Morgan fingerprint density at radius 1 is 0.610 bits per heavy atom. The predicted molar refractivity (Wildman–Crippen MR) is 298 cm³/mol. The van der Waals surface area contributed by atoms with E-state index in [1.54, 1.807) is 58.6 Å². The van der Waals surface area contributed by atoms with Crippen LogP contribution in [0.5, 0.6) is 11.5 Å². The van der Waals surface area contributed by atoms with Crippen LogP contribution in [0, 0.1) is 11.6 Å². The number of fused-ring (bicyclic) bond motifs is 2. The van der Waals surface area contributed by atoms with E-state index in [9.17, 15) is 41.1 Å². The fourth-order valence-electron chi connectivity index (χ4n) is 9.65. The van der Waals surface area contributed by atoms with Crippen LogP contribution in [0.3, 0.4) is 0 Å². The van der Waals surface area contributed by atoms with Gasteiger partial charge in [0.25, 0.3) is 11.1 Å². The summed E-state index contributed by atoms with van der Waals surface area (Å²) in [5.41, 5.74) is 0.613. The zero-order valence-corrected chi connectivity index (χ0v) is 47.5. The minimum absolute atomic E-state index is 0.00546. The van der Waals surface area contributed by atoms with Crippen molar-refractivity contribution < 1.29 is 55.6 Å². The number of anilines is 2. The van der Waals surface area contributed by atoms with Crippen LogP contribution in [0.4, 0.5) is 38.2 Å². The highest BCUT2D eigenvalue weighted by Gasteiger charge is 2.30. The molecule has 2 N–H and O–H groups in total. The Morgan fingerprint density at radius 2 is 1.02 bits per heavy atom. The van der Waals surface area contributed by atoms with Gasteiger partial charge in [0.2, 0.25) is 23.7 Å². The predicted octanol–water partition coefficient (Wildman–Crippen LogP) is 6.78. The third-order valence-electron chi connectivity index (χ3n) is 13.8. The van der Waals surface area contributed by atoms with E-state index in [4.69, 9.17) is 10.2 Å². The van der Waals surface area contributed by atoms with E-state index >= 15 is 4.39 Å². The van der Waals surface area contributed by atoms with Crippen molar-refractivity contribution in [1.29, 1.82) is 0 Å². The second-order valence-corrected chi connectivity index (χ2v) is 20.6. The van der Waals surface area contributed by atoms with E-state index in [0.717, 1.165) is 4.47 Å². The van der Waals surface area contributed by atoms with Crippen molar-refractivity contribution in [3.8, 4) is 22.6 Å². The van der Waals surface area contributed by atoms with Gasteiger partial charge in [0, 0.05) is 112 Å². The number of carbonyl (C=O) groups is 2. The number of hydrogen-bond acceptors (Lipinski definition) is 14. The van der Waals surface area contributed by atoms with E-state index in [-0.39, 0.29) is 85.9 Å². The molecule has 20 nitrogen and oxygen atoms in total. The molecule has 434 valence electrons. The molecule has 0 saturated carbocycles. The molecule has 2 aliphatic heterocycles. The lowest BCUT2D eigenvalue weighted by atomic mass is 10.1. The largest absolute Gasteiger partial charge is 0.434 e. The third kappa shape index (κ3) is 13.2. The number of amides is 2. The Kier molecular flexibility index (Phi) is 19.4. The molecule has 4 aromatic carbocycles. The van der Waals surface area contributed by atoms with E-state index in [0.29, 0.717) is 67.9 Å². The molecule has 82 heavy (non-hydrogen) atoms. The topological polar surface area (TPSA) is 211 Å². The van der Waals surface area contributed by atoms with Crippen LogP contribution < -0.4 is 30.4 Å². The monoisotopic (exact) mass is 1270 g/mol. The zero-order valence-electron chi connectivity index (χ0n) is 44.4. The summed E-state index contributed by atoms with van der Waals surface area (Å²) < 4.78 is 96.9. The Balaban J connectivity index is 0.000000177. The van der Waals surface area contributed by atoms with Crippen molar-refractivity contribution in [1.82, 2.24) is 48.5 Å². The first-order chi connectivity index (χ1) is 39.2. The van der Waals surface area contributed by atoms with Crippen LogP contribution in [0.15, 0.2) is 116 Å². The van der Waals surface area contributed by atoms with Crippen LogP contribution in [-0.2, 0) is 36.8 Å². The molecule has 0 radical (unpaired) electrons. The van der Waals surface area contributed by atoms with E-state index in [1.807, 2.05) is 18.7 Å². The Labute approximate surface area is 480 Å². The number of aliphatic hydroxyl groups excluding tert-OH is 2. The highest BCUT2D eigenvalue weighted by molar-refractivity contribution is 9.10. The summed E-state index contributed by atoms with van der Waals surface area (Å²) >= 11 is 6.39. The molecular weight excluding hydrogens is 1220 g/mol. The molecule has 2 saturated heterocycles. The first-order valence-electron chi connectivity index (χ1n) is 25.3. The molecule has 10 rings (SSSR count). The number of benzene rings is 4. The van der Waals surface area contributed by atoms with Crippen LogP contribution in [0.2, 0.25) is 0 Å². The quantitative estimate of drug-likeness (QED) is 0.114. The molecule has 0 spiro atoms. The molecule has 0 bridgehead atoms. The van der Waals surface area contributed by atoms with Gasteiger partial charge in [0.1, 0.15) is 35.7 Å². The first-order valence-corrected chi connectivity index (χ1v) is 26.9. The summed E-state index contributed by atoms with van der Waals surface area (Å²) in [4.78, 5) is 73.0. The molecule has 2 fully saturated rings. The Hall–Kier alpha value is -7.82. The van der Waals surface area contributed by atoms with Crippen molar-refractivity contribution in [2.24, 2.45) is 14.1 Å². The summed E-state index contributed by atoms with van der Waals surface area (Å²) in [6.45, 7) is 0.0149. The minimum Gasteiger partial charge on any atom is -0.434 e. The van der Waals surface area contributed by atoms with Crippen molar-refractivity contribution >= 4 is 77.4 Å². The van der Waals surface area contributed by atoms with Gasteiger partial charge < -0.3 is 39.3 Å². The number of ether oxygens (including phenoxy) is 2. The summed E-state index contributed by atoms with van der Waals surface area (Å²) in [6.07, 6.45) is 6.39. The number of aromatic nitrogens is 8. The molecule has 28 heteroatoms. The van der Waals surface area contributed by atoms with Gasteiger partial charge in [0.15, 0.2) is 11.6 Å². The second kappa shape index (κ2) is 26.4. The van der Waals surface area contributed by atoms with Gasteiger partial charge in [-0.3, -0.25) is 37.9 Å². The molecule has 6 heterocycles. The summed E-state index contributed by atoms with van der Waals surface area (Å²) in [5.74, 6) is -0.819. The number of nitrogens with zero attached hydrogens (tertiary/aromatic N) is 12. The number of aliphatic hydroxyl groups is 2. The molecule has 4 aromatic heterocycles. The van der Waals surface area contributed by atoms with Gasteiger partial charge in [-0.1, -0.05) is 42.5 Å². The minimum atomic E-state index is -3.03. The number of alkyl halides is 4. The lowest BCUT2D eigenvalue weighted by Gasteiger charge is -2.39. The number of hydrogen-bond donors (Lipinski definition) is 2. The molecule has 0 unspecified atom stereocenters. The molecule has 2 aliphatic rings.